The molecule has 1 aromatic carbocycles. The number of fused-ring (bicyclic) bond motifs is 1. The van der Waals surface area contributed by atoms with E-state index in [9.17, 15) is 10.2 Å². The summed E-state index contributed by atoms with van der Waals surface area (Å²) in [6.07, 6.45) is 1.89. The summed E-state index contributed by atoms with van der Waals surface area (Å²) in [5.74, 6) is -0.665. The van der Waals surface area contributed by atoms with Crippen molar-refractivity contribution in [3.05, 3.63) is 48.6 Å². The van der Waals surface area contributed by atoms with E-state index in [1.807, 2.05) is 30.3 Å². The molecule has 6 atom stereocenters. The molecule has 3 fully saturated rings. The third kappa shape index (κ3) is 3.90. The topological polar surface area (TPSA) is 77.4 Å². The first-order chi connectivity index (χ1) is 13.6. The Bertz CT molecular complexity index is 644. The molecule has 2 aliphatic carbocycles. The Hall–Kier alpha value is -1.28. The van der Waals surface area contributed by atoms with Gasteiger partial charge in [-0.15, -0.1) is 6.58 Å². The molecule has 2 N–H and O–H groups in total. The van der Waals surface area contributed by atoms with Crippen molar-refractivity contribution in [2.75, 3.05) is 6.61 Å². The number of rotatable bonds is 6. The predicted molar refractivity (Wildman–Crippen MR) is 103 cm³/mol. The van der Waals surface area contributed by atoms with Crippen LogP contribution in [0.1, 0.15) is 37.7 Å². The van der Waals surface area contributed by atoms with E-state index < -0.39 is 42.4 Å². The zero-order valence-electron chi connectivity index (χ0n) is 16.1. The SMILES string of the molecule is C=CCO[C@@H]1[C@H](O)[C@H](O)[C@H](OCc2ccccc2)[C@H]2OC3(CCCCC3)O[C@H]21. The molecule has 6 nitrogen and oxygen atoms in total. The maximum atomic E-state index is 10.8. The van der Waals surface area contributed by atoms with Gasteiger partial charge in [0.15, 0.2) is 5.79 Å². The van der Waals surface area contributed by atoms with E-state index in [1.54, 1.807) is 6.08 Å². The first-order valence-electron chi connectivity index (χ1n) is 10.2. The van der Waals surface area contributed by atoms with Gasteiger partial charge in [0.1, 0.15) is 36.6 Å². The van der Waals surface area contributed by atoms with Crippen molar-refractivity contribution in [1.29, 1.82) is 0 Å². The van der Waals surface area contributed by atoms with Crippen molar-refractivity contribution < 1.29 is 29.2 Å². The average Bonchev–Trinajstić information content (AvgIpc) is 3.07. The largest absolute Gasteiger partial charge is 0.387 e. The smallest absolute Gasteiger partial charge is 0.169 e. The van der Waals surface area contributed by atoms with Crippen LogP contribution in [0.5, 0.6) is 0 Å². The zero-order valence-corrected chi connectivity index (χ0v) is 16.1. The van der Waals surface area contributed by atoms with Crippen LogP contribution in [0.15, 0.2) is 43.0 Å². The average molecular weight is 390 g/mol. The molecule has 28 heavy (non-hydrogen) atoms. The third-order valence-electron chi connectivity index (χ3n) is 6.00. The molecule has 1 spiro atoms. The summed E-state index contributed by atoms with van der Waals surface area (Å²) in [7, 11) is 0. The lowest BCUT2D eigenvalue weighted by atomic mass is 9.84. The Balaban J connectivity index is 1.55. The Kier molecular flexibility index (Phi) is 6.16. The van der Waals surface area contributed by atoms with Crippen LogP contribution in [0, 0.1) is 0 Å². The molecule has 0 aromatic heterocycles. The van der Waals surface area contributed by atoms with Gasteiger partial charge in [0.25, 0.3) is 0 Å². The van der Waals surface area contributed by atoms with Crippen LogP contribution in [0.4, 0.5) is 0 Å². The minimum absolute atomic E-state index is 0.267. The van der Waals surface area contributed by atoms with Crippen molar-refractivity contribution in [1.82, 2.24) is 0 Å². The van der Waals surface area contributed by atoms with Crippen LogP contribution in [0.25, 0.3) is 0 Å². The first kappa shape index (κ1) is 20.0. The third-order valence-corrected chi connectivity index (χ3v) is 6.00. The van der Waals surface area contributed by atoms with Crippen LogP contribution in [-0.4, -0.2) is 59.2 Å². The molecule has 0 unspecified atom stereocenters. The molecule has 2 saturated carbocycles. The molecule has 0 amide bonds. The van der Waals surface area contributed by atoms with Crippen molar-refractivity contribution in [3.63, 3.8) is 0 Å². The van der Waals surface area contributed by atoms with Crippen molar-refractivity contribution in [2.45, 2.75) is 81.1 Å². The van der Waals surface area contributed by atoms with Gasteiger partial charge in [0.2, 0.25) is 0 Å². The van der Waals surface area contributed by atoms with Crippen LogP contribution in [0.3, 0.4) is 0 Å². The molecule has 1 heterocycles. The summed E-state index contributed by atoms with van der Waals surface area (Å²) in [6.45, 7) is 4.26. The lowest BCUT2D eigenvalue weighted by molar-refractivity contribution is -0.219. The van der Waals surface area contributed by atoms with Gasteiger partial charge in [0, 0.05) is 12.8 Å². The molecule has 1 aliphatic heterocycles. The highest BCUT2D eigenvalue weighted by Crippen LogP contribution is 2.46. The fourth-order valence-corrected chi connectivity index (χ4v) is 4.60. The van der Waals surface area contributed by atoms with E-state index >= 15 is 0 Å². The number of hydrogen-bond acceptors (Lipinski definition) is 6. The number of aliphatic hydroxyl groups excluding tert-OH is 2. The van der Waals surface area contributed by atoms with Gasteiger partial charge >= 0.3 is 0 Å². The highest BCUT2D eigenvalue weighted by molar-refractivity contribution is 5.14. The molecule has 0 radical (unpaired) electrons. The van der Waals surface area contributed by atoms with Crippen LogP contribution >= 0.6 is 0 Å². The predicted octanol–water partition coefficient (Wildman–Crippen LogP) is 2.32. The summed E-state index contributed by atoms with van der Waals surface area (Å²) in [4.78, 5) is 0. The molecule has 1 saturated heterocycles. The van der Waals surface area contributed by atoms with Crippen LogP contribution < -0.4 is 0 Å². The van der Waals surface area contributed by atoms with Crippen LogP contribution in [-0.2, 0) is 25.6 Å². The van der Waals surface area contributed by atoms with Gasteiger partial charge in [-0.05, 0) is 18.4 Å². The monoisotopic (exact) mass is 390 g/mol. The maximum absolute atomic E-state index is 10.8. The Labute approximate surface area is 166 Å². The van der Waals surface area contributed by atoms with E-state index in [0.29, 0.717) is 6.61 Å². The van der Waals surface area contributed by atoms with Gasteiger partial charge in [0.05, 0.1) is 13.2 Å². The molecule has 4 rings (SSSR count). The van der Waals surface area contributed by atoms with E-state index in [-0.39, 0.29) is 6.61 Å². The van der Waals surface area contributed by atoms with E-state index in [1.165, 1.54) is 6.42 Å². The number of benzene rings is 1. The second kappa shape index (κ2) is 8.61. The van der Waals surface area contributed by atoms with E-state index in [2.05, 4.69) is 6.58 Å². The van der Waals surface area contributed by atoms with Gasteiger partial charge in [-0.25, -0.2) is 0 Å². The second-order valence-corrected chi connectivity index (χ2v) is 7.97. The lowest BCUT2D eigenvalue weighted by Gasteiger charge is -2.42. The first-order valence-corrected chi connectivity index (χ1v) is 10.2. The van der Waals surface area contributed by atoms with Gasteiger partial charge in [-0.3, -0.25) is 0 Å². The minimum Gasteiger partial charge on any atom is -0.387 e. The Morgan fingerprint density at radius 2 is 1.57 bits per heavy atom. The zero-order chi connectivity index (χ0) is 19.6. The van der Waals surface area contributed by atoms with Crippen LogP contribution in [0.2, 0.25) is 0 Å². The lowest BCUT2D eigenvalue weighted by Crippen LogP contribution is -2.64. The van der Waals surface area contributed by atoms with E-state index in [0.717, 1.165) is 31.2 Å². The summed E-state index contributed by atoms with van der Waals surface area (Å²) in [5, 5.41) is 21.5. The molecule has 3 aliphatic rings. The maximum Gasteiger partial charge on any atom is 0.169 e. The second-order valence-electron chi connectivity index (χ2n) is 7.97. The highest BCUT2D eigenvalue weighted by Gasteiger charge is 2.61. The van der Waals surface area contributed by atoms with Crippen molar-refractivity contribution >= 4 is 0 Å². The fourth-order valence-electron chi connectivity index (χ4n) is 4.60. The Morgan fingerprint density at radius 1 is 0.964 bits per heavy atom. The number of aliphatic hydroxyl groups is 2. The Morgan fingerprint density at radius 3 is 2.18 bits per heavy atom. The van der Waals surface area contributed by atoms with E-state index in [4.69, 9.17) is 18.9 Å². The summed E-state index contributed by atoms with van der Waals surface area (Å²) < 4.78 is 24.6. The highest BCUT2D eigenvalue weighted by atomic mass is 16.8. The van der Waals surface area contributed by atoms with Crippen molar-refractivity contribution in [2.24, 2.45) is 0 Å². The summed E-state index contributed by atoms with van der Waals surface area (Å²) in [5.41, 5.74) is 0.997. The van der Waals surface area contributed by atoms with Crippen molar-refractivity contribution in [3.8, 4) is 0 Å². The molecule has 154 valence electrons. The van der Waals surface area contributed by atoms with Gasteiger partial charge < -0.3 is 29.2 Å². The molecule has 0 bridgehead atoms. The number of hydrogen-bond donors (Lipinski definition) is 2. The van der Waals surface area contributed by atoms with Gasteiger partial charge in [-0.2, -0.15) is 0 Å². The molecule has 1 aromatic rings. The standard InChI is InChI=1S/C22H30O6/c1-2-13-25-18-16(23)17(24)19(26-14-15-9-5-3-6-10-15)21-20(18)27-22(28-21)11-7-4-8-12-22/h2-3,5-6,9-10,16-21,23-24H,1,4,7-8,11-14H2/t16-,17+,18-,19+,20+,21-/m1/s1. The summed E-state index contributed by atoms with van der Waals surface area (Å²) >= 11 is 0. The molecular weight excluding hydrogens is 360 g/mol. The summed E-state index contributed by atoms with van der Waals surface area (Å²) in [6, 6.07) is 9.76. The number of ether oxygens (including phenoxy) is 4. The molecular formula is C22H30O6. The fraction of sp³-hybridized carbons (Fsp3) is 0.636. The normalized spacial score (nSPS) is 36.9. The molecule has 6 heteroatoms. The van der Waals surface area contributed by atoms with Gasteiger partial charge in [-0.1, -0.05) is 42.8 Å². The minimum atomic E-state index is -1.12. The quantitative estimate of drug-likeness (QED) is 0.726.